The van der Waals surface area contributed by atoms with Gasteiger partial charge in [-0.25, -0.2) is 0 Å². The Bertz CT molecular complexity index is 1030. The van der Waals surface area contributed by atoms with Crippen LogP contribution in [0.1, 0.15) is 22.7 Å². The van der Waals surface area contributed by atoms with Crippen molar-refractivity contribution in [2.45, 2.75) is 12.6 Å². The maximum Gasteiger partial charge on any atom is 0.295 e. The third kappa shape index (κ3) is 3.21. The summed E-state index contributed by atoms with van der Waals surface area (Å²) < 4.78 is 0. The lowest BCUT2D eigenvalue weighted by atomic mass is 9.95. The summed E-state index contributed by atoms with van der Waals surface area (Å²) in [5.74, 6) is -1.41. The molecule has 3 aromatic rings. The Hall–Kier alpha value is -3.66. The number of Topliss-reactive ketones (excluding diaryl/α,β-unsaturated/α-hetero) is 1. The van der Waals surface area contributed by atoms with Gasteiger partial charge in [-0.1, -0.05) is 91.0 Å². The topological polar surface area (TPSA) is 57.6 Å². The molecule has 1 saturated heterocycles. The molecule has 1 atom stereocenters. The lowest BCUT2D eigenvalue weighted by Crippen LogP contribution is -2.29. The number of hydrogen-bond acceptors (Lipinski definition) is 3. The van der Waals surface area contributed by atoms with E-state index in [9.17, 15) is 14.7 Å². The van der Waals surface area contributed by atoms with E-state index in [0.29, 0.717) is 5.56 Å². The molecule has 0 saturated carbocycles. The lowest BCUT2D eigenvalue weighted by Gasteiger charge is -2.25. The first kappa shape index (κ1) is 17.7. The van der Waals surface area contributed by atoms with E-state index < -0.39 is 17.7 Å². The monoisotopic (exact) mass is 369 g/mol. The number of rotatable bonds is 4. The molecule has 4 nitrogen and oxygen atoms in total. The Kier molecular flexibility index (Phi) is 4.77. The first-order chi connectivity index (χ1) is 13.7. The summed E-state index contributed by atoms with van der Waals surface area (Å²) in [6.07, 6.45) is 0. The van der Waals surface area contributed by atoms with E-state index in [1.54, 1.807) is 24.3 Å². The van der Waals surface area contributed by atoms with E-state index in [-0.39, 0.29) is 17.9 Å². The fraction of sp³-hybridized carbons (Fsp3) is 0.0833. The van der Waals surface area contributed by atoms with E-state index in [2.05, 4.69) is 0 Å². The van der Waals surface area contributed by atoms with Crippen LogP contribution in [0.2, 0.25) is 0 Å². The van der Waals surface area contributed by atoms with E-state index in [4.69, 9.17) is 0 Å². The van der Waals surface area contributed by atoms with Crippen LogP contribution in [0.15, 0.2) is 96.6 Å². The molecule has 3 aromatic carbocycles. The van der Waals surface area contributed by atoms with Gasteiger partial charge in [0, 0.05) is 12.1 Å². The van der Waals surface area contributed by atoms with E-state index >= 15 is 0 Å². The molecule has 28 heavy (non-hydrogen) atoms. The molecule has 0 spiro atoms. The highest BCUT2D eigenvalue weighted by atomic mass is 16.3. The van der Waals surface area contributed by atoms with Crippen LogP contribution in [0.3, 0.4) is 0 Å². The van der Waals surface area contributed by atoms with Gasteiger partial charge in [-0.15, -0.1) is 0 Å². The molecule has 1 heterocycles. The zero-order valence-corrected chi connectivity index (χ0v) is 15.2. The molecule has 1 aliphatic rings. The predicted molar refractivity (Wildman–Crippen MR) is 107 cm³/mol. The maximum absolute atomic E-state index is 12.9. The lowest BCUT2D eigenvalue weighted by molar-refractivity contribution is -0.140. The summed E-state index contributed by atoms with van der Waals surface area (Å²) in [7, 11) is 0. The van der Waals surface area contributed by atoms with E-state index in [0.717, 1.165) is 11.1 Å². The number of carbonyl (C=O) groups excluding carboxylic acids is 2. The Labute approximate surface area is 163 Å². The number of carbonyl (C=O) groups is 2. The van der Waals surface area contributed by atoms with Crippen molar-refractivity contribution in [2.24, 2.45) is 0 Å². The molecule has 4 rings (SSSR count). The van der Waals surface area contributed by atoms with Gasteiger partial charge in [-0.05, 0) is 11.1 Å². The third-order valence-corrected chi connectivity index (χ3v) is 4.90. The molecule has 4 heteroatoms. The molecule has 0 bridgehead atoms. The average molecular weight is 369 g/mol. The smallest absolute Gasteiger partial charge is 0.295 e. The second-order valence-electron chi connectivity index (χ2n) is 6.69. The van der Waals surface area contributed by atoms with Crippen LogP contribution in [0.5, 0.6) is 0 Å². The van der Waals surface area contributed by atoms with Crippen molar-refractivity contribution in [2.75, 3.05) is 0 Å². The van der Waals surface area contributed by atoms with Crippen LogP contribution in [0.25, 0.3) is 5.76 Å². The summed E-state index contributed by atoms with van der Waals surface area (Å²) in [6.45, 7) is 0.288. The number of benzene rings is 3. The standard InChI is InChI=1S/C24H19NO3/c26-22(19-14-8-3-9-15-19)20-21(18-12-6-2-7-13-18)25(24(28)23(20)27)16-17-10-4-1-5-11-17/h1-15,21,26H,16H2/t21-/m1/s1. The minimum Gasteiger partial charge on any atom is -0.507 e. The maximum atomic E-state index is 12.9. The van der Waals surface area contributed by atoms with Gasteiger partial charge in [0.1, 0.15) is 5.76 Å². The van der Waals surface area contributed by atoms with Gasteiger partial charge < -0.3 is 10.0 Å². The van der Waals surface area contributed by atoms with Crippen LogP contribution in [-0.2, 0) is 16.1 Å². The number of likely N-dealkylation sites (tertiary alicyclic amines) is 1. The largest absolute Gasteiger partial charge is 0.507 e. The Morgan fingerprint density at radius 1 is 0.786 bits per heavy atom. The Morgan fingerprint density at radius 2 is 1.32 bits per heavy atom. The van der Waals surface area contributed by atoms with Crippen molar-refractivity contribution in [1.82, 2.24) is 4.90 Å². The summed E-state index contributed by atoms with van der Waals surface area (Å²) in [6, 6.07) is 27.1. The van der Waals surface area contributed by atoms with Crippen LogP contribution in [0.4, 0.5) is 0 Å². The minimum absolute atomic E-state index is 0.123. The molecule has 0 unspecified atom stereocenters. The number of amides is 1. The first-order valence-corrected chi connectivity index (χ1v) is 9.09. The summed E-state index contributed by atoms with van der Waals surface area (Å²) in [5.41, 5.74) is 2.35. The Morgan fingerprint density at radius 3 is 1.93 bits per heavy atom. The van der Waals surface area contributed by atoms with E-state index in [1.165, 1.54) is 4.90 Å². The number of nitrogens with zero attached hydrogens (tertiary/aromatic N) is 1. The van der Waals surface area contributed by atoms with E-state index in [1.807, 2.05) is 66.7 Å². The SMILES string of the molecule is O=C1C(=O)N(Cc2ccccc2)[C@H](c2ccccc2)C1=C(O)c1ccccc1. The highest BCUT2D eigenvalue weighted by molar-refractivity contribution is 6.46. The first-order valence-electron chi connectivity index (χ1n) is 9.09. The van der Waals surface area contributed by atoms with Crippen LogP contribution in [0, 0.1) is 0 Å². The molecule has 1 N–H and O–H groups in total. The molecule has 0 aromatic heterocycles. The number of aliphatic hydroxyl groups is 1. The van der Waals surface area contributed by atoms with Crippen LogP contribution >= 0.6 is 0 Å². The van der Waals surface area contributed by atoms with Crippen molar-refractivity contribution in [3.05, 3.63) is 113 Å². The van der Waals surface area contributed by atoms with Crippen molar-refractivity contribution in [1.29, 1.82) is 0 Å². The van der Waals surface area contributed by atoms with Crippen molar-refractivity contribution in [3.63, 3.8) is 0 Å². The quantitative estimate of drug-likeness (QED) is 0.424. The summed E-state index contributed by atoms with van der Waals surface area (Å²) in [5, 5.41) is 10.9. The van der Waals surface area contributed by atoms with Crippen molar-refractivity contribution >= 4 is 17.4 Å². The number of hydrogen-bond donors (Lipinski definition) is 1. The third-order valence-electron chi connectivity index (χ3n) is 4.90. The molecule has 1 aliphatic heterocycles. The molecule has 1 fully saturated rings. The van der Waals surface area contributed by atoms with Crippen LogP contribution in [-0.4, -0.2) is 21.7 Å². The normalized spacial score (nSPS) is 18.4. The molecule has 0 radical (unpaired) electrons. The fourth-order valence-electron chi connectivity index (χ4n) is 3.56. The summed E-state index contributed by atoms with van der Waals surface area (Å²) in [4.78, 5) is 27.3. The molecule has 0 aliphatic carbocycles. The fourth-order valence-corrected chi connectivity index (χ4v) is 3.56. The molecular weight excluding hydrogens is 350 g/mol. The van der Waals surface area contributed by atoms with Crippen molar-refractivity contribution in [3.8, 4) is 0 Å². The van der Waals surface area contributed by atoms with Gasteiger partial charge in [0.15, 0.2) is 0 Å². The number of ketones is 1. The highest BCUT2D eigenvalue weighted by Crippen LogP contribution is 2.40. The average Bonchev–Trinajstić information content (AvgIpc) is 3.00. The highest BCUT2D eigenvalue weighted by Gasteiger charge is 2.45. The van der Waals surface area contributed by atoms with Gasteiger partial charge in [0.25, 0.3) is 11.7 Å². The van der Waals surface area contributed by atoms with Gasteiger partial charge in [0.05, 0.1) is 11.6 Å². The zero-order chi connectivity index (χ0) is 19.5. The van der Waals surface area contributed by atoms with Gasteiger partial charge in [-0.3, -0.25) is 9.59 Å². The molecule has 1 amide bonds. The predicted octanol–water partition coefficient (Wildman–Crippen LogP) is 4.31. The van der Waals surface area contributed by atoms with Crippen molar-refractivity contribution < 1.29 is 14.7 Å². The summed E-state index contributed by atoms with van der Waals surface area (Å²) >= 11 is 0. The van der Waals surface area contributed by atoms with Crippen LogP contribution < -0.4 is 0 Å². The van der Waals surface area contributed by atoms with Gasteiger partial charge in [-0.2, -0.15) is 0 Å². The zero-order valence-electron chi connectivity index (χ0n) is 15.2. The molecule has 138 valence electrons. The molecular formula is C24H19NO3. The number of aliphatic hydroxyl groups excluding tert-OH is 1. The second-order valence-corrected chi connectivity index (χ2v) is 6.69. The second kappa shape index (κ2) is 7.53. The Balaban J connectivity index is 1.85. The van der Waals surface area contributed by atoms with Gasteiger partial charge in [0.2, 0.25) is 0 Å². The minimum atomic E-state index is -0.661. The van der Waals surface area contributed by atoms with Gasteiger partial charge >= 0.3 is 0 Å².